The van der Waals surface area contributed by atoms with Gasteiger partial charge in [-0.15, -0.1) is 0 Å². The highest BCUT2D eigenvalue weighted by Gasteiger charge is 2.29. The Bertz CT molecular complexity index is 463. The molecule has 0 radical (unpaired) electrons. The van der Waals surface area contributed by atoms with Gasteiger partial charge >= 0.3 is 0 Å². The van der Waals surface area contributed by atoms with Gasteiger partial charge in [0.05, 0.1) is 0 Å². The van der Waals surface area contributed by atoms with Crippen LogP contribution in [0.3, 0.4) is 0 Å². The lowest BCUT2D eigenvalue weighted by molar-refractivity contribution is -0.133. The van der Waals surface area contributed by atoms with Crippen molar-refractivity contribution in [3.63, 3.8) is 0 Å². The predicted octanol–water partition coefficient (Wildman–Crippen LogP) is 2.24. The zero-order valence-corrected chi connectivity index (χ0v) is 13.9. The van der Waals surface area contributed by atoms with E-state index >= 15 is 0 Å². The van der Waals surface area contributed by atoms with Crippen LogP contribution in [-0.4, -0.2) is 47.9 Å². The van der Waals surface area contributed by atoms with Gasteiger partial charge in [-0.25, -0.2) is 0 Å². The third-order valence-corrected chi connectivity index (χ3v) is 4.75. The van der Waals surface area contributed by atoms with Crippen molar-refractivity contribution < 1.29 is 4.79 Å². The number of benzene rings is 1. The van der Waals surface area contributed by atoms with Gasteiger partial charge in [-0.2, -0.15) is 0 Å². The summed E-state index contributed by atoms with van der Waals surface area (Å²) < 4.78 is 0. The van der Waals surface area contributed by atoms with Crippen molar-refractivity contribution in [1.29, 1.82) is 0 Å². The molecule has 22 heavy (non-hydrogen) atoms. The minimum absolute atomic E-state index is 0.235. The van der Waals surface area contributed by atoms with Gasteiger partial charge in [-0.1, -0.05) is 30.3 Å². The van der Waals surface area contributed by atoms with E-state index in [9.17, 15) is 4.79 Å². The van der Waals surface area contributed by atoms with Crippen LogP contribution in [0.2, 0.25) is 0 Å². The second-order valence-electron chi connectivity index (χ2n) is 6.38. The summed E-state index contributed by atoms with van der Waals surface area (Å²) in [5.74, 6) is 0.235. The molecule has 1 aliphatic rings. The predicted molar refractivity (Wildman–Crippen MR) is 90.4 cm³/mol. The zero-order chi connectivity index (χ0) is 15.9. The summed E-state index contributed by atoms with van der Waals surface area (Å²) >= 11 is 0. The second-order valence-corrected chi connectivity index (χ2v) is 6.38. The molecular weight excluding hydrogens is 274 g/mol. The van der Waals surface area contributed by atoms with Gasteiger partial charge in [0.15, 0.2) is 0 Å². The lowest BCUT2D eigenvalue weighted by Crippen LogP contribution is -2.49. The highest BCUT2D eigenvalue weighted by molar-refractivity contribution is 5.76. The molecule has 1 heterocycles. The fraction of sp³-hybridized carbons (Fsp3) is 0.611. The topological polar surface area (TPSA) is 49.6 Å². The Morgan fingerprint density at radius 3 is 2.73 bits per heavy atom. The van der Waals surface area contributed by atoms with Gasteiger partial charge in [0.2, 0.25) is 5.91 Å². The molecule has 122 valence electrons. The van der Waals surface area contributed by atoms with Crippen LogP contribution in [0.4, 0.5) is 0 Å². The van der Waals surface area contributed by atoms with E-state index in [1.807, 2.05) is 11.9 Å². The molecular formula is C18H29N3O. The van der Waals surface area contributed by atoms with E-state index in [0.717, 1.165) is 32.4 Å². The van der Waals surface area contributed by atoms with E-state index in [4.69, 9.17) is 5.73 Å². The first kappa shape index (κ1) is 17.0. The molecule has 2 rings (SSSR count). The first-order chi connectivity index (χ1) is 10.6. The van der Waals surface area contributed by atoms with Crippen molar-refractivity contribution in [3.05, 3.63) is 35.9 Å². The fourth-order valence-electron chi connectivity index (χ4n) is 3.23. The van der Waals surface area contributed by atoms with Crippen molar-refractivity contribution in [1.82, 2.24) is 9.80 Å². The molecule has 1 amide bonds. The van der Waals surface area contributed by atoms with Crippen LogP contribution >= 0.6 is 0 Å². The number of nitrogens with two attached hydrogens (primary N) is 1. The zero-order valence-electron chi connectivity index (χ0n) is 13.9. The molecule has 2 N–H and O–H groups in total. The van der Waals surface area contributed by atoms with E-state index in [1.54, 1.807) is 0 Å². The smallest absolute Gasteiger partial charge is 0.222 e. The summed E-state index contributed by atoms with van der Waals surface area (Å²) in [7, 11) is 1.95. The lowest BCUT2D eigenvalue weighted by Gasteiger charge is -2.41. The van der Waals surface area contributed by atoms with Gasteiger partial charge in [-0.3, -0.25) is 9.69 Å². The Hall–Kier alpha value is -1.39. The number of rotatable bonds is 6. The third-order valence-electron chi connectivity index (χ3n) is 4.75. The Kier molecular flexibility index (Phi) is 6.40. The molecule has 2 unspecified atom stereocenters. The summed E-state index contributed by atoms with van der Waals surface area (Å²) in [5.41, 5.74) is 6.85. The Morgan fingerprint density at radius 1 is 1.36 bits per heavy atom. The van der Waals surface area contributed by atoms with E-state index in [-0.39, 0.29) is 5.91 Å². The average molecular weight is 303 g/mol. The van der Waals surface area contributed by atoms with Crippen molar-refractivity contribution >= 4 is 5.91 Å². The number of hydrogen-bond acceptors (Lipinski definition) is 3. The quantitative estimate of drug-likeness (QED) is 0.877. The first-order valence-electron chi connectivity index (χ1n) is 8.35. The van der Waals surface area contributed by atoms with Gasteiger partial charge in [-0.05, 0) is 38.3 Å². The highest BCUT2D eigenvalue weighted by Crippen LogP contribution is 2.23. The summed E-state index contributed by atoms with van der Waals surface area (Å²) in [6.45, 7) is 4.91. The van der Waals surface area contributed by atoms with Crippen molar-refractivity contribution in [2.45, 2.75) is 51.2 Å². The number of likely N-dealkylation sites (tertiary alicyclic amines) is 1. The van der Waals surface area contributed by atoms with Crippen LogP contribution < -0.4 is 5.73 Å². The van der Waals surface area contributed by atoms with Crippen LogP contribution in [0.5, 0.6) is 0 Å². The van der Waals surface area contributed by atoms with E-state index in [0.29, 0.717) is 25.0 Å². The number of hydrogen-bond donors (Lipinski definition) is 1. The lowest BCUT2D eigenvalue weighted by atomic mass is 9.96. The summed E-state index contributed by atoms with van der Waals surface area (Å²) in [6, 6.07) is 11.5. The van der Waals surface area contributed by atoms with Crippen LogP contribution in [0.25, 0.3) is 0 Å². The van der Waals surface area contributed by atoms with Crippen LogP contribution in [0.1, 0.15) is 38.2 Å². The molecule has 1 aliphatic heterocycles. The Morgan fingerprint density at radius 2 is 2.09 bits per heavy atom. The molecule has 1 aromatic rings. The Labute approximate surface area is 134 Å². The van der Waals surface area contributed by atoms with Gasteiger partial charge in [0.25, 0.3) is 0 Å². The number of carbonyl (C=O) groups excluding carboxylic acids is 1. The normalized spacial score (nSPS) is 22.5. The molecule has 0 spiro atoms. The molecule has 2 atom stereocenters. The maximum absolute atomic E-state index is 12.1. The van der Waals surface area contributed by atoms with Crippen LogP contribution in [-0.2, 0) is 11.3 Å². The maximum atomic E-state index is 12.1. The van der Waals surface area contributed by atoms with E-state index < -0.39 is 0 Å². The number of piperidine rings is 1. The second kappa shape index (κ2) is 8.30. The summed E-state index contributed by atoms with van der Waals surface area (Å²) in [6.07, 6.45) is 3.47. The molecule has 4 nitrogen and oxygen atoms in total. The summed E-state index contributed by atoms with van der Waals surface area (Å²) in [5, 5.41) is 0. The number of nitrogens with zero attached hydrogens (tertiary/aromatic N) is 2. The summed E-state index contributed by atoms with van der Waals surface area (Å²) in [4.78, 5) is 16.6. The van der Waals surface area contributed by atoms with E-state index in [2.05, 4.69) is 42.2 Å². The molecule has 1 fully saturated rings. The molecule has 0 aliphatic carbocycles. The largest absolute Gasteiger partial charge is 0.343 e. The molecule has 0 aromatic heterocycles. The maximum Gasteiger partial charge on any atom is 0.222 e. The first-order valence-corrected chi connectivity index (χ1v) is 8.35. The number of carbonyl (C=O) groups is 1. The minimum Gasteiger partial charge on any atom is -0.343 e. The Balaban J connectivity index is 1.85. The molecule has 0 saturated carbocycles. The van der Waals surface area contributed by atoms with Gasteiger partial charge in [0, 0.05) is 38.6 Å². The average Bonchev–Trinajstić information content (AvgIpc) is 2.54. The molecule has 0 bridgehead atoms. The monoisotopic (exact) mass is 303 g/mol. The van der Waals surface area contributed by atoms with Crippen LogP contribution in [0.15, 0.2) is 30.3 Å². The molecule has 4 heteroatoms. The molecule has 1 aromatic carbocycles. The standard InChI is InChI=1S/C18H29N3O/c1-15-13-17(20(2)18(22)9-6-11-19)10-12-21(15)14-16-7-4-3-5-8-16/h3-5,7-8,15,17H,6,9-14,19H2,1-2H3. The van der Waals surface area contributed by atoms with Crippen molar-refractivity contribution in [2.75, 3.05) is 20.1 Å². The van der Waals surface area contributed by atoms with Gasteiger partial charge < -0.3 is 10.6 Å². The molecule has 1 saturated heterocycles. The fourth-order valence-corrected chi connectivity index (χ4v) is 3.23. The number of amides is 1. The minimum atomic E-state index is 0.235. The van der Waals surface area contributed by atoms with Crippen molar-refractivity contribution in [2.24, 2.45) is 5.73 Å². The van der Waals surface area contributed by atoms with Crippen LogP contribution in [0, 0.1) is 0 Å². The SMILES string of the molecule is CC1CC(N(C)C(=O)CCCN)CCN1Cc1ccccc1. The van der Waals surface area contributed by atoms with E-state index in [1.165, 1.54) is 5.56 Å². The third kappa shape index (κ3) is 4.55. The van der Waals surface area contributed by atoms with Crippen molar-refractivity contribution in [3.8, 4) is 0 Å². The highest BCUT2D eigenvalue weighted by atomic mass is 16.2. The van der Waals surface area contributed by atoms with Gasteiger partial charge in [0.1, 0.15) is 0 Å².